The number of rotatable bonds is 6. The summed E-state index contributed by atoms with van der Waals surface area (Å²) in [6.07, 6.45) is 0. The molecule has 128 valence electrons. The first kappa shape index (κ1) is 17.9. The van der Waals surface area contributed by atoms with E-state index >= 15 is 0 Å². The minimum absolute atomic E-state index is 0.0810. The molecule has 0 heterocycles. The van der Waals surface area contributed by atoms with Crippen LogP contribution in [0.2, 0.25) is 0 Å². The summed E-state index contributed by atoms with van der Waals surface area (Å²) in [5.41, 5.74) is 0.950. The molecule has 24 heavy (non-hydrogen) atoms. The van der Waals surface area contributed by atoms with Crippen LogP contribution >= 0.6 is 0 Å². The highest BCUT2D eigenvalue weighted by atomic mass is 19.1. The predicted molar refractivity (Wildman–Crippen MR) is 88.1 cm³/mol. The van der Waals surface area contributed by atoms with Crippen LogP contribution in [0.25, 0.3) is 0 Å². The second kappa shape index (κ2) is 7.88. The molecule has 2 aromatic rings. The van der Waals surface area contributed by atoms with Crippen LogP contribution in [0.4, 0.5) is 8.78 Å². The van der Waals surface area contributed by atoms with Gasteiger partial charge in [-0.25, -0.2) is 8.78 Å². The van der Waals surface area contributed by atoms with Crippen molar-refractivity contribution in [3.8, 4) is 5.75 Å². The van der Waals surface area contributed by atoms with Crippen LogP contribution in [-0.2, 0) is 0 Å². The van der Waals surface area contributed by atoms with Crippen LogP contribution in [0.15, 0.2) is 42.5 Å². The van der Waals surface area contributed by atoms with E-state index in [4.69, 9.17) is 4.74 Å². The number of hydrogen-bond donors (Lipinski definition) is 1. The Labute approximate surface area is 140 Å². The number of hydrogen-bond acceptors (Lipinski definition) is 3. The third kappa shape index (κ3) is 4.29. The molecule has 0 spiro atoms. The maximum Gasteiger partial charge on any atom is 0.251 e. The van der Waals surface area contributed by atoms with Crippen molar-refractivity contribution in [3.05, 3.63) is 65.2 Å². The molecule has 4 nitrogen and oxygen atoms in total. The zero-order valence-electron chi connectivity index (χ0n) is 13.8. The second-order valence-electron chi connectivity index (χ2n) is 5.59. The standard InChI is InChI=1S/C18H20F2N2O2/c1-22(2)16(12-5-4-6-14(19)9-12)11-21-18(23)13-7-8-17(24-3)15(20)10-13/h4-10,16H,11H2,1-3H3,(H,21,23). The topological polar surface area (TPSA) is 41.6 Å². The molecule has 0 aliphatic rings. The lowest BCUT2D eigenvalue weighted by Crippen LogP contribution is -2.34. The van der Waals surface area contributed by atoms with Gasteiger partial charge in [0, 0.05) is 12.1 Å². The summed E-state index contributed by atoms with van der Waals surface area (Å²) in [6, 6.07) is 10.0. The Morgan fingerprint density at radius 3 is 2.54 bits per heavy atom. The van der Waals surface area contributed by atoms with E-state index in [1.165, 1.54) is 31.4 Å². The zero-order valence-corrected chi connectivity index (χ0v) is 13.8. The van der Waals surface area contributed by atoms with Crippen molar-refractivity contribution in [2.75, 3.05) is 27.7 Å². The van der Waals surface area contributed by atoms with Crippen molar-refractivity contribution in [3.63, 3.8) is 0 Å². The van der Waals surface area contributed by atoms with Crippen LogP contribution < -0.4 is 10.1 Å². The van der Waals surface area contributed by atoms with Gasteiger partial charge in [-0.1, -0.05) is 12.1 Å². The van der Waals surface area contributed by atoms with Gasteiger partial charge in [-0.15, -0.1) is 0 Å². The first-order chi connectivity index (χ1) is 11.4. The first-order valence-electron chi connectivity index (χ1n) is 7.46. The highest BCUT2D eigenvalue weighted by Gasteiger charge is 2.17. The molecule has 0 bridgehead atoms. The predicted octanol–water partition coefficient (Wildman–Crippen LogP) is 3.01. The minimum atomic E-state index is -0.598. The third-order valence-electron chi connectivity index (χ3n) is 3.73. The van der Waals surface area contributed by atoms with Crippen LogP contribution in [0.1, 0.15) is 22.0 Å². The van der Waals surface area contributed by atoms with Gasteiger partial charge in [0.1, 0.15) is 5.82 Å². The number of benzene rings is 2. The quantitative estimate of drug-likeness (QED) is 0.883. The SMILES string of the molecule is COc1ccc(C(=O)NCC(c2cccc(F)c2)N(C)C)cc1F. The summed E-state index contributed by atoms with van der Waals surface area (Å²) >= 11 is 0. The smallest absolute Gasteiger partial charge is 0.251 e. The molecule has 0 aromatic heterocycles. The summed E-state index contributed by atoms with van der Waals surface area (Å²) in [7, 11) is 5.04. The molecular weight excluding hydrogens is 314 g/mol. The average Bonchev–Trinajstić information content (AvgIpc) is 2.54. The molecule has 0 fully saturated rings. The van der Waals surface area contributed by atoms with Gasteiger partial charge in [-0.2, -0.15) is 0 Å². The number of likely N-dealkylation sites (N-methyl/N-ethyl adjacent to an activating group) is 1. The number of nitrogens with one attached hydrogen (secondary N) is 1. The molecule has 1 amide bonds. The number of ether oxygens (including phenoxy) is 1. The van der Waals surface area contributed by atoms with Gasteiger partial charge >= 0.3 is 0 Å². The van der Waals surface area contributed by atoms with E-state index in [1.54, 1.807) is 12.1 Å². The van der Waals surface area contributed by atoms with Crippen LogP contribution in [-0.4, -0.2) is 38.6 Å². The lowest BCUT2D eigenvalue weighted by Gasteiger charge is -2.25. The Hall–Kier alpha value is -2.47. The lowest BCUT2D eigenvalue weighted by molar-refractivity contribution is 0.0941. The largest absolute Gasteiger partial charge is 0.494 e. The monoisotopic (exact) mass is 334 g/mol. The van der Waals surface area contributed by atoms with Gasteiger partial charge in [-0.3, -0.25) is 4.79 Å². The zero-order chi connectivity index (χ0) is 17.7. The number of methoxy groups -OCH3 is 1. The van der Waals surface area contributed by atoms with E-state index in [1.807, 2.05) is 19.0 Å². The molecular formula is C18H20F2N2O2. The summed E-state index contributed by atoms with van der Waals surface area (Å²) < 4.78 is 31.9. The van der Waals surface area contributed by atoms with E-state index in [-0.39, 0.29) is 29.7 Å². The maximum absolute atomic E-state index is 13.7. The van der Waals surface area contributed by atoms with E-state index in [9.17, 15) is 13.6 Å². The van der Waals surface area contributed by atoms with E-state index in [2.05, 4.69) is 5.32 Å². The fourth-order valence-electron chi connectivity index (χ4n) is 2.41. The molecule has 1 atom stereocenters. The molecule has 0 aliphatic heterocycles. The van der Waals surface area contributed by atoms with Gasteiger partial charge in [0.15, 0.2) is 11.6 Å². The Morgan fingerprint density at radius 1 is 1.21 bits per heavy atom. The number of amides is 1. The van der Waals surface area contributed by atoms with Gasteiger partial charge in [0.25, 0.3) is 5.91 Å². The number of carbonyl (C=O) groups is 1. The Kier molecular flexibility index (Phi) is 5.87. The van der Waals surface area contributed by atoms with Gasteiger partial charge in [-0.05, 0) is 50.0 Å². The van der Waals surface area contributed by atoms with Crippen molar-refractivity contribution in [2.24, 2.45) is 0 Å². The number of nitrogens with zero attached hydrogens (tertiary/aromatic N) is 1. The van der Waals surface area contributed by atoms with Crippen LogP contribution in [0, 0.1) is 11.6 Å². The van der Waals surface area contributed by atoms with E-state index < -0.39 is 11.7 Å². The first-order valence-corrected chi connectivity index (χ1v) is 7.46. The van der Waals surface area contributed by atoms with Crippen molar-refractivity contribution < 1.29 is 18.3 Å². The molecule has 2 rings (SSSR count). The fraction of sp³-hybridized carbons (Fsp3) is 0.278. The molecule has 0 saturated heterocycles. The molecule has 0 radical (unpaired) electrons. The Bertz CT molecular complexity index is 720. The molecule has 0 aliphatic carbocycles. The van der Waals surface area contributed by atoms with E-state index in [0.29, 0.717) is 0 Å². The normalized spacial score (nSPS) is 12.1. The molecule has 0 saturated carbocycles. The summed E-state index contributed by atoms with van der Waals surface area (Å²) in [5.74, 6) is -1.25. The van der Waals surface area contributed by atoms with Gasteiger partial charge in [0.2, 0.25) is 0 Å². The van der Waals surface area contributed by atoms with E-state index in [0.717, 1.165) is 11.6 Å². The minimum Gasteiger partial charge on any atom is -0.494 e. The molecule has 6 heteroatoms. The highest BCUT2D eigenvalue weighted by molar-refractivity contribution is 5.94. The second-order valence-corrected chi connectivity index (χ2v) is 5.59. The number of halogens is 2. The number of carbonyl (C=O) groups excluding carboxylic acids is 1. The Balaban J connectivity index is 2.09. The maximum atomic E-state index is 13.7. The van der Waals surface area contributed by atoms with Crippen molar-refractivity contribution in [1.82, 2.24) is 10.2 Å². The average molecular weight is 334 g/mol. The highest BCUT2D eigenvalue weighted by Crippen LogP contribution is 2.20. The van der Waals surface area contributed by atoms with Crippen molar-refractivity contribution in [1.29, 1.82) is 0 Å². The van der Waals surface area contributed by atoms with Gasteiger partial charge < -0.3 is 15.0 Å². The molecule has 2 aromatic carbocycles. The Morgan fingerprint density at radius 2 is 1.96 bits per heavy atom. The lowest BCUT2D eigenvalue weighted by atomic mass is 10.1. The summed E-state index contributed by atoms with van der Waals surface area (Å²) in [4.78, 5) is 14.1. The van der Waals surface area contributed by atoms with Gasteiger partial charge in [0.05, 0.1) is 13.2 Å². The fourth-order valence-corrected chi connectivity index (χ4v) is 2.41. The summed E-state index contributed by atoms with van der Waals surface area (Å²) in [6.45, 7) is 0.267. The van der Waals surface area contributed by atoms with Crippen molar-refractivity contribution >= 4 is 5.91 Å². The van der Waals surface area contributed by atoms with Crippen LogP contribution in [0.5, 0.6) is 5.75 Å². The van der Waals surface area contributed by atoms with Crippen molar-refractivity contribution in [2.45, 2.75) is 6.04 Å². The third-order valence-corrected chi connectivity index (χ3v) is 3.73. The van der Waals surface area contributed by atoms with Crippen LogP contribution in [0.3, 0.4) is 0 Å². The summed E-state index contributed by atoms with van der Waals surface area (Å²) in [5, 5.41) is 2.75. The molecule has 1 N–H and O–H groups in total. The molecule has 1 unspecified atom stereocenters.